The van der Waals surface area contributed by atoms with Gasteiger partial charge in [-0.2, -0.15) is 4.98 Å². The van der Waals surface area contributed by atoms with Crippen molar-refractivity contribution in [3.8, 4) is 16.5 Å². The van der Waals surface area contributed by atoms with Crippen molar-refractivity contribution in [2.45, 2.75) is 26.8 Å². The molecular formula is C26H24N4O3S. The minimum atomic E-state index is -0.457. The lowest BCUT2D eigenvalue weighted by atomic mass is 9.94. The van der Waals surface area contributed by atoms with E-state index in [1.54, 1.807) is 16.2 Å². The van der Waals surface area contributed by atoms with Crippen molar-refractivity contribution in [1.29, 1.82) is 0 Å². The molecule has 0 radical (unpaired) electrons. The maximum absolute atomic E-state index is 13.3. The second-order valence-corrected chi connectivity index (χ2v) is 8.90. The molecule has 4 aromatic rings. The van der Waals surface area contributed by atoms with Gasteiger partial charge in [-0.15, -0.1) is 11.3 Å². The summed E-state index contributed by atoms with van der Waals surface area (Å²) in [6, 6.07) is 18.7. The fraction of sp³-hybridized carbons (Fsp3) is 0.192. The molecule has 2 amide bonds. The smallest absolute Gasteiger partial charge is 0.326 e. The molecule has 2 aromatic carbocycles. The van der Waals surface area contributed by atoms with Gasteiger partial charge in [0.05, 0.1) is 28.8 Å². The van der Waals surface area contributed by atoms with E-state index in [1.807, 2.05) is 86.8 Å². The lowest BCUT2D eigenvalue weighted by Gasteiger charge is -2.35. The third kappa shape index (κ3) is 4.08. The molecule has 3 heterocycles. The Morgan fingerprint density at radius 1 is 1.09 bits per heavy atom. The standard InChI is InChI=1S/C26H24N4O3S/c1-4-32-20-13-9-18(10-14-20)23-22(25-28-24(29-33-25)21-6-5-15-34-21)17(3)30(26(31)27-23)19-11-7-16(2)8-12-19/h5-15,23H,4H2,1-3H3,(H,27,31). The van der Waals surface area contributed by atoms with Crippen LogP contribution in [0, 0.1) is 6.92 Å². The van der Waals surface area contributed by atoms with E-state index in [-0.39, 0.29) is 6.03 Å². The molecule has 1 aliphatic heterocycles. The number of anilines is 1. The molecule has 34 heavy (non-hydrogen) atoms. The van der Waals surface area contributed by atoms with Gasteiger partial charge in [-0.1, -0.05) is 41.1 Å². The van der Waals surface area contributed by atoms with Crippen LogP contribution in [-0.2, 0) is 0 Å². The van der Waals surface area contributed by atoms with E-state index >= 15 is 0 Å². The summed E-state index contributed by atoms with van der Waals surface area (Å²) in [6.45, 7) is 6.45. The number of allylic oxidation sites excluding steroid dienone is 1. The second kappa shape index (κ2) is 9.15. The van der Waals surface area contributed by atoms with Gasteiger partial charge >= 0.3 is 6.03 Å². The van der Waals surface area contributed by atoms with Crippen molar-refractivity contribution in [2.24, 2.45) is 0 Å². The minimum Gasteiger partial charge on any atom is -0.494 e. The number of hydrogen-bond donors (Lipinski definition) is 1. The van der Waals surface area contributed by atoms with E-state index in [4.69, 9.17) is 9.26 Å². The Labute approximate surface area is 201 Å². The Balaban J connectivity index is 1.62. The van der Waals surface area contributed by atoms with Crippen LogP contribution in [0.3, 0.4) is 0 Å². The third-order valence-corrected chi connectivity index (χ3v) is 6.57. The Hall–Kier alpha value is -3.91. The minimum absolute atomic E-state index is 0.220. The van der Waals surface area contributed by atoms with Crippen molar-refractivity contribution in [3.05, 3.63) is 88.8 Å². The van der Waals surface area contributed by atoms with Gasteiger partial charge in [0.15, 0.2) is 0 Å². The molecule has 7 nitrogen and oxygen atoms in total. The normalized spacial score (nSPS) is 16.0. The zero-order valence-electron chi connectivity index (χ0n) is 19.1. The van der Waals surface area contributed by atoms with Crippen molar-refractivity contribution in [1.82, 2.24) is 15.5 Å². The van der Waals surface area contributed by atoms with E-state index in [0.717, 1.165) is 38.7 Å². The molecule has 8 heteroatoms. The third-order valence-electron chi connectivity index (χ3n) is 5.70. The first-order valence-corrected chi connectivity index (χ1v) is 11.9. The van der Waals surface area contributed by atoms with Crippen molar-refractivity contribution < 1.29 is 14.1 Å². The molecule has 0 bridgehead atoms. The number of ether oxygens (including phenoxy) is 1. The summed E-state index contributed by atoms with van der Waals surface area (Å²) in [4.78, 5) is 20.6. The van der Waals surface area contributed by atoms with Gasteiger partial charge in [-0.25, -0.2) is 4.79 Å². The molecule has 0 fully saturated rings. The summed E-state index contributed by atoms with van der Waals surface area (Å²) in [6.07, 6.45) is 0. The summed E-state index contributed by atoms with van der Waals surface area (Å²) in [5.41, 5.74) is 4.26. The molecule has 1 unspecified atom stereocenters. The van der Waals surface area contributed by atoms with Gasteiger partial charge < -0.3 is 14.6 Å². The Bertz CT molecular complexity index is 1330. The van der Waals surface area contributed by atoms with Crippen LogP contribution in [0.4, 0.5) is 10.5 Å². The van der Waals surface area contributed by atoms with Crippen LogP contribution < -0.4 is 15.0 Å². The van der Waals surface area contributed by atoms with Gasteiger partial charge in [0.25, 0.3) is 5.89 Å². The van der Waals surface area contributed by atoms with Crippen LogP contribution in [-0.4, -0.2) is 22.8 Å². The highest BCUT2D eigenvalue weighted by molar-refractivity contribution is 7.13. The van der Waals surface area contributed by atoms with Gasteiger partial charge in [0, 0.05) is 5.70 Å². The molecule has 0 aliphatic carbocycles. The number of aromatic nitrogens is 2. The molecule has 2 aromatic heterocycles. The summed E-state index contributed by atoms with van der Waals surface area (Å²) in [5.74, 6) is 1.67. The first kappa shape index (κ1) is 21.9. The fourth-order valence-electron chi connectivity index (χ4n) is 4.04. The van der Waals surface area contributed by atoms with Crippen LogP contribution in [0.1, 0.15) is 36.9 Å². The van der Waals surface area contributed by atoms with Gasteiger partial charge in [0.1, 0.15) is 5.75 Å². The number of thiophene rings is 1. The number of amides is 2. The van der Waals surface area contributed by atoms with Crippen molar-refractivity contribution >= 4 is 28.6 Å². The van der Waals surface area contributed by atoms with E-state index in [1.165, 1.54) is 0 Å². The van der Waals surface area contributed by atoms with E-state index in [0.29, 0.717) is 18.3 Å². The predicted octanol–water partition coefficient (Wildman–Crippen LogP) is 6.21. The lowest BCUT2D eigenvalue weighted by molar-refractivity contribution is 0.244. The number of carbonyl (C=O) groups excluding carboxylic acids is 1. The highest BCUT2D eigenvalue weighted by Crippen LogP contribution is 2.39. The Morgan fingerprint density at radius 3 is 2.53 bits per heavy atom. The zero-order chi connectivity index (χ0) is 23.7. The molecule has 1 N–H and O–H groups in total. The van der Waals surface area contributed by atoms with E-state index in [9.17, 15) is 4.79 Å². The van der Waals surface area contributed by atoms with Crippen LogP contribution in [0.15, 0.2) is 76.3 Å². The summed E-state index contributed by atoms with van der Waals surface area (Å²) < 4.78 is 11.3. The molecule has 0 saturated carbocycles. The Morgan fingerprint density at radius 2 is 1.85 bits per heavy atom. The summed E-state index contributed by atoms with van der Waals surface area (Å²) in [7, 11) is 0. The fourth-order valence-corrected chi connectivity index (χ4v) is 4.69. The SMILES string of the molecule is CCOc1ccc(C2NC(=O)N(c3ccc(C)cc3)C(C)=C2c2nc(-c3cccs3)no2)cc1. The topological polar surface area (TPSA) is 80.5 Å². The monoisotopic (exact) mass is 472 g/mol. The molecule has 1 atom stereocenters. The highest BCUT2D eigenvalue weighted by Gasteiger charge is 2.36. The molecule has 5 rings (SSSR count). The van der Waals surface area contributed by atoms with Crippen molar-refractivity contribution in [2.75, 3.05) is 11.5 Å². The van der Waals surface area contributed by atoms with E-state index in [2.05, 4.69) is 15.5 Å². The number of nitrogens with one attached hydrogen (secondary N) is 1. The number of benzene rings is 2. The zero-order valence-corrected chi connectivity index (χ0v) is 19.9. The molecule has 1 aliphatic rings. The number of rotatable bonds is 6. The summed E-state index contributed by atoms with van der Waals surface area (Å²) >= 11 is 1.54. The van der Waals surface area contributed by atoms with Gasteiger partial charge in [-0.05, 0) is 62.0 Å². The van der Waals surface area contributed by atoms with Crippen LogP contribution in [0.25, 0.3) is 16.3 Å². The quantitative estimate of drug-likeness (QED) is 0.361. The number of hydrogen-bond acceptors (Lipinski definition) is 6. The lowest BCUT2D eigenvalue weighted by Crippen LogP contribution is -2.46. The average Bonchev–Trinajstić information content (AvgIpc) is 3.53. The number of carbonyl (C=O) groups is 1. The maximum atomic E-state index is 13.3. The maximum Gasteiger partial charge on any atom is 0.326 e. The molecule has 0 saturated heterocycles. The second-order valence-electron chi connectivity index (χ2n) is 7.96. The van der Waals surface area contributed by atoms with Gasteiger partial charge in [0.2, 0.25) is 5.82 Å². The van der Waals surface area contributed by atoms with Crippen molar-refractivity contribution in [3.63, 3.8) is 0 Å². The first-order chi connectivity index (χ1) is 16.5. The number of nitrogens with zero attached hydrogens (tertiary/aromatic N) is 3. The predicted molar refractivity (Wildman–Crippen MR) is 133 cm³/mol. The van der Waals surface area contributed by atoms with E-state index < -0.39 is 6.04 Å². The first-order valence-electron chi connectivity index (χ1n) is 11.0. The van der Waals surface area contributed by atoms with Crippen LogP contribution in [0.5, 0.6) is 5.75 Å². The highest BCUT2D eigenvalue weighted by atomic mass is 32.1. The largest absolute Gasteiger partial charge is 0.494 e. The van der Waals surface area contributed by atoms with Crippen LogP contribution >= 0.6 is 11.3 Å². The molecule has 0 spiro atoms. The van der Waals surface area contributed by atoms with Gasteiger partial charge in [-0.3, -0.25) is 4.90 Å². The number of urea groups is 1. The summed E-state index contributed by atoms with van der Waals surface area (Å²) in [5, 5.41) is 9.31. The Kier molecular flexibility index (Phi) is 5.90. The molecular weight excluding hydrogens is 448 g/mol. The van der Waals surface area contributed by atoms with Crippen LogP contribution in [0.2, 0.25) is 0 Å². The average molecular weight is 473 g/mol. The molecule has 172 valence electrons. The number of aryl methyl sites for hydroxylation is 1.